The number of carbonyl (C=O) groups excluding carboxylic acids is 2. The van der Waals surface area contributed by atoms with E-state index in [1.807, 2.05) is 17.0 Å². The van der Waals surface area contributed by atoms with Crippen molar-refractivity contribution in [2.24, 2.45) is 17.8 Å². The lowest BCUT2D eigenvalue weighted by molar-refractivity contribution is -0.123. The third kappa shape index (κ3) is 4.24. The van der Waals surface area contributed by atoms with Crippen molar-refractivity contribution in [1.29, 1.82) is 0 Å². The van der Waals surface area contributed by atoms with Crippen molar-refractivity contribution in [1.82, 2.24) is 15.1 Å². The molecule has 3 amide bonds. The largest absolute Gasteiger partial charge is 0.350 e. The number of carbonyl (C=O) groups is 2. The minimum Gasteiger partial charge on any atom is -0.350 e. The van der Waals surface area contributed by atoms with Crippen molar-refractivity contribution in [2.45, 2.75) is 38.6 Å². The smallest absolute Gasteiger partial charge is 0.321 e. The van der Waals surface area contributed by atoms with E-state index in [2.05, 4.69) is 29.4 Å². The molecule has 29 heavy (non-hydrogen) atoms. The van der Waals surface area contributed by atoms with Crippen LogP contribution in [0.1, 0.15) is 33.1 Å². The fourth-order valence-electron chi connectivity index (χ4n) is 5.14. The highest BCUT2D eigenvalue weighted by Gasteiger charge is 2.57. The highest BCUT2D eigenvalue weighted by atomic mass is 35.5. The Bertz CT molecular complexity index is 776. The van der Waals surface area contributed by atoms with E-state index < -0.39 is 0 Å². The molecular formula is C22H31ClN4O2. The van der Waals surface area contributed by atoms with E-state index in [1.54, 1.807) is 12.1 Å². The third-order valence-corrected chi connectivity index (χ3v) is 7.09. The maximum Gasteiger partial charge on any atom is 0.321 e. The number of halogens is 1. The predicted octanol–water partition coefficient (Wildman–Crippen LogP) is 3.43. The quantitative estimate of drug-likeness (QED) is 0.787. The van der Waals surface area contributed by atoms with Crippen LogP contribution in [0.15, 0.2) is 24.3 Å². The summed E-state index contributed by atoms with van der Waals surface area (Å²) in [6.07, 6.45) is 2.81. The maximum absolute atomic E-state index is 12.7. The third-order valence-electron chi connectivity index (χ3n) is 6.86. The van der Waals surface area contributed by atoms with Crippen LogP contribution in [0.3, 0.4) is 0 Å². The Morgan fingerprint density at radius 1 is 1.31 bits per heavy atom. The summed E-state index contributed by atoms with van der Waals surface area (Å²) in [5.74, 6) is 1.35. The van der Waals surface area contributed by atoms with Crippen LogP contribution in [0.4, 0.5) is 10.5 Å². The number of piperidine rings is 1. The van der Waals surface area contributed by atoms with Gasteiger partial charge in [-0.2, -0.15) is 0 Å². The molecule has 2 atom stereocenters. The van der Waals surface area contributed by atoms with E-state index in [9.17, 15) is 9.59 Å². The number of rotatable bonds is 4. The fourth-order valence-corrected chi connectivity index (χ4v) is 5.33. The molecule has 3 heterocycles. The van der Waals surface area contributed by atoms with E-state index in [-0.39, 0.29) is 23.4 Å². The summed E-state index contributed by atoms with van der Waals surface area (Å²) < 4.78 is 0. The highest BCUT2D eigenvalue weighted by molar-refractivity contribution is 6.30. The Hall–Kier alpha value is -1.79. The molecule has 158 valence electrons. The first-order chi connectivity index (χ1) is 13.9. The molecule has 1 spiro atoms. The zero-order valence-electron chi connectivity index (χ0n) is 17.3. The number of nitrogens with zero attached hydrogens (tertiary/aromatic N) is 2. The molecule has 7 heteroatoms. The molecule has 3 aliphatic rings. The molecule has 0 radical (unpaired) electrons. The fraction of sp³-hybridized carbons (Fsp3) is 0.636. The second-order valence-electron chi connectivity index (χ2n) is 9.23. The summed E-state index contributed by atoms with van der Waals surface area (Å²) in [5.41, 5.74) is 0.551. The van der Waals surface area contributed by atoms with Crippen molar-refractivity contribution in [3.63, 3.8) is 0 Å². The lowest BCUT2D eigenvalue weighted by Crippen LogP contribution is -2.56. The van der Waals surface area contributed by atoms with Crippen molar-refractivity contribution >= 4 is 29.2 Å². The van der Waals surface area contributed by atoms with Gasteiger partial charge in [0.1, 0.15) is 0 Å². The summed E-state index contributed by atoms with van der Waals surface area (Å²) >= 11 is 6.00. The molecule has 1 aromatic carbocycles. The first-order valence-electron chi connectivity index (χ1n) is 10.7. The molecule has 1 aromatic rings. The van der Waals surface area contributed by atoms with Gasteiger partial charge in [0.25, 0.3) is 0 Å². The maximum atomic E-state index is 12.7. The van der Waals surface area contributed by atoms with Gasteiger partial charge >= 0.3 is 6.03 Å². The highest BCUT2D eigenvalue weighted by Crippen LogP contribution is 2.44. The van der Waals surface area contributed by atoms with Gasteiger partial charge in [-0.05, 0) is 49.9 Å². The van der Waals surface area contributed by atoms with Crippen LogP contribution < -0.4 is 10.6 Å². The van der Waals surface area contributed by atoms with Crippen LogP contribution >= 0.6 is 11.6 Å². The average molecular weight is 419 g/mol. The SMILES string of the molecule is CC(C)CCN1C[C@H]2C(=O)NC3(CCN(C(=O)Nc4cccc(Cl)c4)CC3)[C@H]2C1. The lowest BCUT2D eigenvalue weighted by atomic mass is 9.75. The average Bonchev–Trinajstić information content (AvgIpc) is 3.21. The van der Waals surface area contributed by atoms with Crippen LogP contribution in [0.5, 0.6) is 0 Å². The van der Waals surface area contributed by atoms with Gasteiger partial charge in [-0.25, -0.2) is 4.79 Å². The van der Waals surface area contributed by atoms with Gasteiger partial charge in [0.15, 0.2) is 0 Å². The second-order valence-corrected chi connectivity index (χ2v) is 9.66. The number of amides is 3. The molecule has 3 saturated heterocycles. The molecule has 6 nitrogen and oxygen atoms in total. The summed E-state index contributed by atoms with van der Waals surface area (Å²) in [6, 6.07) is 7.08. The monoisotopic (exact) mass is 418 g/mol. The Labute approximate surface area is 177 Å². The first-order valence-corrected chi connectivity index (χ1v) is 11.1. The molecule has 0 unspecified atom stereocenters. The van der Waals surface area contributed by atoms with Gasteiger partial charge in [0, 0.05) is 48.3 Å². The standard InChI is InChI=1S/C22H31ClN4O2/c1-15(2)6-9-26-13-18-19(14-26)22(25-20(18)28)7-10-27(11-8-22)21(29)24-17-5-3-4-16(23)12-17/h3-5,12,15,18-19H,6-11,13-14H2,1-2H3,(H,24,29)(H,25,28)/t18-,19+/m1/s1. The lowest BCUT2D eigenvalue weighted by Gasteiger charge is -2.42. The molecular weight excluding hydrogens is 388 g/mol. The van der Waals surface area contributed by atoms with Gasteiger partial charge in [0.2, 0.25) is 5.91 Å². The summed E-state index contributed by atoms with van der Waals surface area (Å²) in [7, 11) is 0. The van der Waals surface area contributed by atoms with Crippen LogP contribution in [0.2, 0.25) is 5.02 Å². The number of anilines is 1. The van der Waals surface area contributed by atoms with Gasteiger partial charge in [0.05, 0.1) is 5.92 Å². The topological polar surface area (TPSA) is 64.7 Å². The van der Waals surface area contributed by atoms with Gasteiger partial charge in [-0.1, -0.05) is 31.5 Å². The van der Waals surface area contributed by atoms with Gasteiger partial charge in [-0.3, -0.25) is 4.79 Å². The van der Waals surface area contributed by atoms with Crippen LogP contribution in [-0.4, -0.2) is 60.0 Å². The summed E-state index contributed by atoms with van der Waals surface area (Å²) in [4.78, 5) is 29.6. The van der Waals surface area contributed by atoms with Crippen LogP contribution in [0, 0.1) is 17.8 Å². The number of nitrogens with one attached hydrogen (secondary N) is 2. The predicted molar refractivity (Wildman–Crippen MR) is 115 cm³/mol. The minimum absolute atomic E-state index is 0.104. The Balaban J connectivity index is 1.35. The zero-order valence-corrected chi connectivity index (χ0v) is 18.0. The van der Waals surface area contributed by atoms with Gasteiger partial charge < -0.3 is 20.4 Å². The number of benzene rings is 1. The van der Waals surface area contributed by atoms with Crippen molar-refractivity contribution in [3.8, 4) is 0 Å². The van der Waals surface area contributed by atoms with Crippen molar-refractivity contribution < 1.29 is 9.59 Å². The minimum atomic E-state index is -0.152. The number of hydrogen-bond donors (Lipinski definition) is 2. The van der Waals surface area contributed by atoms with E-state index >= 15 is 0 Å². The van der Waals surface area contributed by atoms with E-state index in [0.717, 1.165) is 32.5 Å². The first kappa shape index (κ1) is 20.5. The Morgan fingerprint density at radius 2 is 2.07 bits per heavy atom. The molecule has 0 saturated carbocycles. The van der Waals surface area contributed by atoms with Crippen molar-refractivity contribution in [2.75, 3.05) is 38.0 Å². The summed E-state index contributed by atoms with van der Waals surface area (Å²) in [6.45, 7) is 8.74. The molecule has 0 aromatic heterocycles. The number of likely N-dealkylation sites (tertiary alicyclic amines) is 2. The van der Waals surface area contributed by atoms with Gasteiger partial charge in [-0.15, -0.1) is 0 Å². The molecule has 2 N–H and O–H groups in total. The number of urea groups is 1. The van der Waals surface area contributed by atoms with E-state index in [1.165, 1.54) is 6.42 Å². The molecule has 0 bridgehead atoms. The van der Waals surface area contributed by atoms with Crippen LogP contribution in [0.25, 0.3) is 0 Å². The second kappa shape index (κ2) is 8.15. The molecule has 0 aliphatic carbocycles. The molecule has 3 fully saturated rings. The van der Waals surface area contributed by atoms with E-state index in [4.69, 9.17) is 11.6 Å². The number of fused-ring (bicyclic) bond motifs is 2. The normalized spacial score (nSPS) is 26.1. The Kier molecular flexibility index (Phi) is 5.76. The van der Waals surface area contributed by atoms with E-state index in [0.29, 0.717) is 35.6 Å². The summed E-state index contributed by atoms with van der Waals surface area (Å²) in [5, 5.41) is 6.86. The van der Waals surface area contributed by atoms with Crippen LogP contribution in [-0.2, 0) is 4.79 Å². The zero-order chi connectivity index (χ0) is 20.6. The molecule has 4 rings (SSSR count). The Morgan fingerprint density at radius 3 is 2.76 bits per heavy atom. The number of hydrogen-bond acceptors (Lipinski definition) is 3. The van der Waals surface area contributed by atoms with Crippen molar-refractivity contribution in [3.05, 3.63) is 29.3 Å². The molecule has 3 aliphatic heterocycles.